The summed E-state index contributed by atoms with van der Waals surface area (Å²) in [5, 5.41) is 12.6. The zero-order valence-corrected chi connectivity index (χ0v) is 16.1. The van der Waals surface area contributed by atoms with Crippen molar-refractivity contribution < 1.29 is 29.0 Å². The molecule has 2 rings (SSSR count). The molecule has 2 N–H and O–H groups in total. The number of hydrogen-bond donors (Lipinski definition) is 2. The molecule has 0 aliphatic rings. The average Bonchev–Trinajstić information content (AvgIpc) is 3.05. The summed E-state index contributed by atoms with van der Waals surface area (Å²) in [7, 11) is 0. The van der Waals surface area contributed by atoms with Gasteiger partial charge in [0.05, 0.1) is 17.7 Å². The molecule has 27 heavy (non-hydrogen) atoms. The average molecular weight is 391 g/mol. The van der Waals surface area contributed by atoms with Crippen LogP contribution in [-0.2, 0) is 20.7 Å². The molecule has 2 aromatic rings. The maximum Gasteiger partial charge on any atom is 0.341 e. The predicted octanol–water partition coefficient (Wildman–Crippen LogP) is 3.30. The Morgan fingerprint density at radius 3 is 2.48 bits per heavy atom. The Hall–Kier alpha value is -2.87. The van der Waals surface area contributed by atoms with E-state index < -0.39 is 24.5 Å². The van der Waals surface area contributed by atoms with Gasteiger partial charge < -0.3 is 19.9 Å². The number of thiophene rings is 1. The normalized spacial score (nSPS) is 10.3. The fourth-order valence-corrected chi connectivity index (χ4v) is 3.18. The molecule has 0 fully saturated rings. The number of amides is 1. The van der Waals surface area contributed by atoms with E-state index in [1.54, 1.807) is 26.0 Å². The van der Waals surface area contributed by atoms with E-state index >= 15 is 0 Å². The highest BCUT2D eigenvalue weighted by atomic mass is 32.1. The van der Waals surface area contributed by atoms with Gasteiger partial charge in [-0.15, -0.1) is 11.3 Å². The molecule has 0 aliphatic heterocycles. The molecule has 1 heterocycles. The van der Waals surface area contributed by atoms with Crippen molar-refractivity contribution in [2.45, 2.75) is 27.2 Å². The van der Waals surface area contributed by atoms with Gasteiger partial charge in [0.1, 0.15) is 10.8 Å². The zero-order chi connectivity index (χ0) is 20.0. The molecule has 1 aromatic carbocycles. The summed E-state index contributed by atoms with van der Waals surface area (Å²) in [5.74, 6) is -1.85. The van der Waals surface area contributed by atoms with E-state index in [4.69, 9.17) is 9.47 Å². The summed E-state index contributed by atoms with van der Waals surface area (Å²) >= 11 is 1.27. The van der Waals surface area contributed by atoms with Gasteiger partial charge in [0.2, 0.25) is 0 Å². The molecule has 1 amide bonds. The summed E-state index contributed by atoms with van der Waals surface area (Å²) in [6.07, 6.45) is 0.707. The second kappa shape index (κ2) is 9.18. The molecule has 8 heteroatoms. The van der Waals surface area contributed by atoms with Crippen LogP contribution in [-0.4, -0.2) is 36.2 Å². The standard InChI is InChI=1S/C19H21NO6S/c1-4-13-9-14(19(24)25-5-2)17(27-13)20-16(22)10-26-18(23)12-7-6-11(3)15(21)8-12/h6-9,21H,4-5,10H2,1-3H3,(H,20,22). The molecule has 0 radical (unpaired) electrons. The Morgan fingerprint density at radius 2 is 1.85 bits per heavy atom. The van der Waals surface area contributed by atoms with Gasteiger partial charge in [-0.1, -0.05) is 13.0 Å². The molecule has 0 atom stereocenters. The minimum Gasteiger partial charge on any atom is -0.508 e. The Morgan fingerprint density at radius 1 is 1.11 bits per heavy atom. The Labute approximate surface area is 160 Å². The fraction of sp³-hybridized carbons (Fsp3) is 0.316. The lowest BCUT2D eigenvalue weighted by molar-refractivity contribution is -0.119. The third-order valence-electron chi connectivity index (χ3n) is 3.66. The lowest BCUT2D eigenvalue weighted by Gasteiger charge is -2.08. The van der Waals surface area contributed by atoms with Crippen LogP contribution < -0.4 is 5.32 Å². The molecule has 144 valence electrons. The number of aryl methyl sites for hydroxylation is 2. The van der Waals surface area contributed by atoms with Crippen molar-refractivity contribution in [3.8, 4) is 5.75 Å². The minimum atomic E-state index is -0.730. The fourth-order valence-electron chi connectivity index (χ4n) is 2.18. The molecule has 0 saturated heterocycles. The van der Waals surface area contributed by atoms with Gasteiger partial charge in [0.15, 0.2) is 6.61 Å². The number of rotatable bonds is 7. The van der Waals surface area contributed by atoms with Crippen LogP contribution in [0.3, 0.4) is 0 Å². The van der Waals surface area contributed by atoms with Gasteiger partial charge in [-0.05, 0) is 44.0 Å². The number of phenols is 1. The number of ether oxygens (including phenoxy) is 2. The number of nitrogens with one attached hydrogen (secondary N) is 1. The number of carbonyl (C=O) groups is 3. The van der Waals surface area contributed by atoms with Crippen molar-refractivity contribution in [3.05, 3.63) is 45.8 Å². The SMILES string of the molecule is CCOC(=O)c1cc(CC)sc1NC(=O)COC(=O)c1ccc(C)c(O)c1. The first kappa shape index (κ1) is 20.4. The van der Waals surface area contributed by atoms with Gasteiger partial charge in [0.25, 0.3) is 5.91 Å². The third kappa shape index (κ3) is 5.30. The number of benzene rings is 1. The summed E-state index contributed by atoms with van der Waals surface area (Å²) in [4.78, 5) is 37.0. The number of aromatic hydroxyl groups is 1. The number of anilines is 1. The molecule has 1 aromatic heterocycles. The van der Waals surface area contributed by atoms with E-state index in [-0.39, 0.29) is 23.5 Å². The number of esters is 2. The highest BCUT2D eigenvalue weighted by Gasteiger charge is 2.19. The lowest BCUT2D eigenvalue weighted by Crippen LogP contribution is -2.21. The van der Waals surface area contributed by atoms with E-state index in [1.165, 1.54) is 23.5 Å². The van der Waals surface area contributed by atoms with E-state index in [2.05, 4.69) is 5.32 Å². The van der Waals surface area contributed by atoms with Crippen LogP contribution in [0.2, 0.25) is 0 Å². The maximum absolute atomic E-state index is 12.1. The van der Waals surface area contributed by atoms with Crippen LogP contribution in [0.15, 0.2) is 24.3 Å². The smallest absolute Gasteiger partial charge is 0.341 e. The van der Waals surface area contributed by atoms with E-state index in [0.717, 1.165) is 4.88 Å². The second-order valence-electron chi connectivity index (χ2n) is 5.66. The first-order valence-corrected chi connectivity index (χ1v) is 9.23. The molecule has 0 spiro atoms. The molecule has 0 bridgehead atoms. The minimum absolute atomic E-state index is 0.0290. The van der Waals surface area contributed by atoms with Gasteiger partial charge in [-0.2, -0.15) is 0 Å². The molecular weight excluding hydrogens is 370 g/mol. The van der Waals surface area contributed by atoms with E-state index in [9.17, 15) is 19.5 Å². The van der Waals surface area contributed by atoms with Crippen LogP contribution in [0, 0.1) is 6.92 Å². The summed E-state index contributed by atoms with van der Waals surface area (Å²) in [5.41, 5.74) is 1.05. The lowest BCUT2D eigenvalue weighted by atomic mass is 10.1. The summed E-state index contributed by atoms with van der Waals surface area (Å²) < 4.78 is 9.96. The van der Waals surface area contributed by atoms with Crippen molar-refractivity contribution >= 4 is 34.2 Å². The van der Waals surface area contributed by atoms with Crippen molar-refractivity contribution in [3.63, 3.8) is 0 Å². The molecule has 7 nitrogen and oxygen atoms in total. The highest BCUT2D eigenvalue weighted by Crippen LogP contribution is 2.29. The van der Waals surface area contributed by atoms with Crippen molar-refractivity contribution in [2.75, 3.05) is 18.5 Å². The van der Waals surface area contributed by atoms with Gasteiger partial charge in [0, 0.05) is 4.88 Å². The van der Waals surface area contributed by atoms with Crippen LogP contribution in [0.25, 0.3) is 0 Å². The number of carbonyl (C=O) groups excluding carboxylic acids is 3. The molecule has 0 aliphatic carbocycles. The second-order valence-corrected chi connectivity index (χ2v) is 6.79. The Kier molecular flexibility index (Phi) is 6.95. The van der Waals surface area contributed by atoms with Crippen molar-refractivity contribution in [1.82, 2.24) is 0 Å². The topological polar surface area (TPSA) is 102 Å². The highest BCUT2D eigenvalue weighted by molar-refractivity contribution is 7.16. The predicted molar refractivity (Wildman–Crippen MR) is 101 cm³/mol. The van der Waals surface area contributed by atoms with Gasteiger partial charge in [-0.25, -0.2) is 9.59 Å². The first-order chi connectivity index (χ1) is 12.8. The molecule has 0 unspecified atom stereocenters. The van der Waals surface area contributed by atoms with Gasteiger partial charge in [-0.3, -0.25) is 4.79 Å². The Balaban J connectivity index is 2.01. The van der Waals surface area contributed by atoms with Gasteiger partial charge >= 0.3 is 11.9 Å². The van der Waals surface area contributed by atoms with Crippen LogP contribution >= 0.6 is 11.3 Å². The van der Waals surface area contributed by atoms with Crippen LogP contribution in [0.5, 0.6) is 5.75 Å². The zero-order valence-electron chi connectivity index (χ0n) is 15.3. The molecular formula is C19H21NO6S. The third-order valence-corrected chi connectivity index (χ3v) is 4.85. The summed E-state index contributed by atoms with van der Waals surface area (Å²) in [6.45, 7) is 5.04. The van der Waals surface area contributed by atoms with Crippen LogP contribution in [0.4, 0.5) is 5.00 Å². The van der Waals surface area contributed by atoms with E-state index in [0.29, 0.717) is 17.0 Å². The first-order valence-electron chi connectivity index (χ1n) is 8.42. The van der Waals surface area contributed by atoms with Crippen molar-refractivity contribution in [2.24, 2.45) is 0 Å². The quantitative estimate of drug-likeness (QED) is 0.702. The maximum atomic E-state index is 12.1. The number of phenolic OH excluding ortho intramolecular Hbond substituents is 1. The van der Waals surface area contributed by atoms with E-state index in [1.807, 2.05) is 6.92 Å². The number of hydrogen-bond acceptors (Lipinski definition) is 7. The van der Waals surface area contributed by atoms with Crippen molar-refractivity contribution in [1.29, 1.82) is 0 Å². The molecule has 0 saturated carbocycles. The van der Waals surface area contributed by atoms with Crippen LogP contribution in [0.1, 0.15) is 45.0 Å². The largest absolute Gasteiger partial charge is 0.508 e. The summed E-state index contributed by atoms with van der Waals surface area (Å²) in [6, 6.07) is 6.04. The monoisotopic (exact) mass is 391 g/mol. The Bertz CT molecular complexity index is 858.